The molecule has 3 unspecified atom stereocenters. The van der Waals surface area contributed by atoms with Crippen molar-refractivity contribution in [2.75, 3.05) is 0 Å². The third-order valence-corrected chi connectivity index (χ3v) is 3.15. The van der Waals surface area contributed by atoms with Crippen LogP contribution in [0.15, 0.2) is 18.2 Å². The van der Waals surface area contributed by atoms with Gasteiger partial charge in [-0.05, 0) is 18.9 Å². The van der Waals surface area contributed by atoms with Crippen LogP contribution in [0.2, 0.25) is 0 Å². The summed E-state index contributed by atoms with van der Waals surface area (Å²) >= 11 is 0. The van der Waals surface area contributed by atoms with Crippen LogP contribution in [0.3, 0.4) is 0 Å². The highest BCUT2D eigenvalue weighted by molar-refractivity contribution is 5.69. The molecule has 3 atom stereocenters. The highest BCUT2D eigenvalue weighted by Crippen LogP contribution is 2.30. The van der Waals surface area contributed by atoms with Gasteiger partial charge in [-0.15, -0.1) is 0 Å². The van der Waals surface area contributed by atoms with Gasteiger partial charge in [0.05, 0.1) is 12.0 Å². The van der Waals surface area contributed by atoms with Gasteiger partial charge in [-0.3, -0.25) is 4.79 Å². The number of aliphatic hydroxyl groups excluding tert-OH is 1. The summed E-state index contributed by atoms with van der Waals surface area (Å²) in [6, 6.07) is 4.44. The normalized spacial score (nSPS) is 16.3. The Labute approximate surface area is 99.9 Å². The Morgan fingerprint density at radius 3 is 2.47 bits per heavy atom. The number of carboxylic acids is 1. The van der Waals surface area contributed by atoms with E-state index in [1.54, 1.807) is 26.0 Å². The van der Waals surface area contributed by atoms with Crippen molar-refractivity contribution in [3.8, 4) is 0 Å². The molecule has 2 N–H and O–H groups in total. The lowest BCUT2D eigenvalue weighted by atomic mass is 9.86. The molecule has 0 bridgehead atoms. The Balaban J connectivity index is 2.99. The first-order valence-electron chi connectivity index (χ1n) is 5.51. The van der Waals surface area contributed by atoms with Crippen LogP contribution in [0.25, 0.3) is 0 Å². The first-order chi connectivity index (χ1) is 7.84. The number of aryl methyl sites for hydroxylation is 1. The van der Waals surface area contributed by atoms with Crippen molar-refractivity contribution in [1.29, 1.82) is 0 Å². The molecular weight excluding hydrogens is 223 g/mol. The van der Waals surface area contributed by atoms with Crippen LogP contribution in [-0.4, -0.2) is 16.2 Å². The average molecular weight is 240 g/mol. The number of hydrogen-bond acceptors (Lipinski definition) is 2. The number of benzene rings is 1. The van der Waals surface area contributed by atoms with Crippen molar-refractivity contribution in [3.05, 3.63) is 35.1 Å². The second kappa shape index (κ2) is 5.27. The van der Waals surface area contributed by atoms with Crippen LogP contribution in [0, 0.1) is 24.6 Å². The molecule has 1 aromatic carbocycles. The first kappa shape index (κ1) is 13.6. The molecule has 0 aromatic heterocycles. The maximum absolute atomic E-state index is 13.5. The van der Waals surface area contributed by atoms with Crippen LogP contribution in [0.4, 0.5) is 4.39 Å². The fourth-order valence-corrected chi connectivity index (χ4v) is 1.67. The molecule has 0 aliphatic heterocycles. The summed E-state index contributed by atoms with van der Waals surface area (Å²) < 4.78 is 13.5. The van der Waals surface area contributed by atoms with Gasteiger partial charge in [0.2, 0.25) is 0 Å². The molecule has 0 amide bonds. The Morgan fingerprint density at radius 1 is 1.35 bits per heavy atom. The smallest absolute Gasteiger partial charge is 0.306 e. The minimum absolute atomic E-state index is 0.158. The van der Waals surface area contributed by atoms with Crippen molar-refractivity contribution in [3.63, 3.8) is 0 Å². The zero-order chi connectivity index (χ0) is 13.2. The number of aliphatic carboxylic acids is 1. The van der Waals surface area contributed by atoms with Gasteiger partial charge in [-0.1, -0.05) is 31.5 Å². The van der Waals surface area contributed by atoms with Gasteiger partial charge in [0.1, 0.15) is 5.82 Å². The molecule has 1 rings (SSSR count). The maximum Gasteiger partial charge on any atom is 0.306 e. The summed E-state index contributed by atoms with van der Waals surface area (Å²) in [5, 5.41) is 18.9. The van der Waals surface area contributed by atoms with E-state index in [-0.39, 0.29) is 5.56 Å². The zero-order valence-electron chi connectivity index (χ0n) is 10.1. The minimum Gasteiger partial charge on any atom is -0.481 e. The third kappa shape index (κ3) is 3.03. The largest absolute Gasteiger partial charge is 0.481 e. The molecule has 0 aliphatic carbocycles. The molecule has 0 saturated heterocycles. The number of carboxylic acid groups (broad SMARTS) is 1. The quantitative estimate of drug-likeness (QED) is 0.850. The van der Waals surface area contributed by atoms with E-state index in [0.717, 1.165) is 5.56 Å². The van der Waals surface area contributed by atoms with E-state index >= 15 is 0 Å². The molecule has 0 heterocycles. The van der Waals surface area contributed by atoms with Gasteiger partial charge in [0.25, 0.3) is 0 Å². The van der Waals surface area contributed by atoms with Crippen LogP contribution in [0.5, 0.6) is 0 Å². The molecule has 0 radical (unpaired) electrons. The maximum atomic E-state index is 13.5. The molecule has 4 heteroatoms. The second-order valence-electron chi connectivity index (χ2n) is 4.46. The fourth-order valence-electron chi connectivity index (χ4n) is 1.67. The molecule has 0 aliphatic rings. The number of aliphatic hydroxyl groups is 1. The summed E-state index contributed by atoms with van der Waals surface area (Å²) in [6.45, 7) is 4.90. The Morgan fingerprint density at radius 2 is 1.94 bits per heavy atom. The highest BCUT2D eigenvalue weighted by Gasteiger charge is 2.28. The summed E-state index contributed by atoms with van der Waals surface area (Å²) in [5.41, 5.74) is 0.987. The van der Waals surface area contributed by atoms with E-state index in [1.165, 1.54) is 13.0 Å². The molecule has 17 heavy (non-hydrogen) atoms. The number of rotatable bonds is 4. The van der Waals surface area contributed by atoms with E-state index in [0.29, 0.717) is 0 Å². The highest BCUT2D eigenvalue weighted by atomic mass is 19.1. The van der Waals surface area contributed by atoms with Gasteiger partial charge in [0, 0.05) is 5.56 Å². The van der Waals surface area contributed by atoms with Crippen molar-refractivity contribution in [2.24, 2.45) is 11.8 Å². The summed E-state index contributed by atoms with van der Waals surface area (Å²) in [6.07, 6.45) is -1.11. The summed E-state index contributed by atoms with van der Waals surface area (Å²) in [7, 11) is 0. The van der Waals surface area contributed by atoms with Gasteiger partial charge in [0.15, 0.2) is 0 Å². The Kier molecular flexibility index (Phi) is 4.23. The Hall–Kier alpha value is -1.42. The topological polar surface area (TPSA) is 57.5 Å². The third-order valence-electron chi connectivity index (χ3n) is 3.15. The SMILES string of the molecule is Cc1ccc(F)c(C(O)C(C)C(C)C(=O)O)c1. The predicted molar refractivity (Wildman–Crippen MR) is 62.1 cm³/mol. The van der Waals surface area contributed by atoms with Crippen molar-refractivity contribution in [1.82, 2.24) is 0 Å². The number of hydrogen-bond donors (Lipinski definition) is 2. The molecule has 0 saturated carbocycles. The molecule has 0 fully saturated rings. The van der Waals surface area contributed by atoms with Crippen LogP contribution >= 0.6 is 0 Å². The van der Waals surface area contributed by atoms with Crippen LogP contribution in [0.1, 0.15) is 31.1 Å². The van der Waals surface area contributed by atoms with Crippen molar-refractivity contribution >= 4 is 5.97 Å². The lowest BCUT2D eigenvalue weighted by Crippen LogP contribution is -2.24. The van der Waals surface area contributed by atoms with Gasteiger partial charge >= 0.3 is 5.97 Å². The van der Waals surface area contributed by atoms with E-state index in [2.05, 4.69) is 0 Å². The lowest BCUT2D eigenvalue weighted by molar-refractivity contribution is -0.144. The molecular formula is C13H17FO3. The zero-order valence-corrected chi connectivity index (χ0v) is 10.1. The van der Waals surface area contributed by atoms with E-state index in [9.17, 15) is 14.3 Å². The predicted octanol–water partition coefficient (Wildman–Crippen LogP) is 2.52. The molecule has 94 valence electrons. The molecule has 3 nitrogen and oxygen atoms in total. The standard InChI is InChI=1S/C13H17FO3/c1-7-4-5-11(14)10(6-7)12(15)8(2)9(3)13(16)17/h4-6,8-9,12,15H,1-3H3,(H,16,17). The monoisotopic (exact) mass is 240 g/mol. The van der Waals surface area contributed by atoms with E-state index in [1.807, 2.05) is 0 Å². The first-order valence-corrected chi connectivity index (χ1v) is 5.51. The van der Waals surface area contributed by atoms with E-state index in [4.69, 9.17) is 5.11 Å². The average Bonchev–Trinajstić information content (AvgIpc) is 2.29. The van der Waals surface area contributed by atoms with Gasteiger partial charge in [-0.2, -0.15) is 0 Å². The number of halogens is 1. The van der Waals surface area contributed by atoms with Crippen molar-refractivity contribution in [2.45, 2.75) is 26.9 Å². The number of carbonyl (C=O) groups is 1. The van der Waals surface area contributed by atoms with Crippen LogP contribution in [-0.2, 0) is 4.79 Å². The van der Waals surface area contributed by atoms with Crippen molar-refractivity contribution < 1.29 is 19.4 Å². The minimum atomic E-state index is -1.11. The van der Waals surface area contributed by atoms with Gasteiger partial charge < -0.3 is 10.2 Å². The molecule has 1 aromatic rings. The Bertz CT molecular complexity index is 417. The summed E-state index contributed by atoms with van der Waals surface area (Å²) in [4.78, 5) is 10.8. The lowest BCUT2D eigenvalue weighted by Gasteiger charge is -2.23. The second-order valence-corrected chi connectivity index (χ2v) is 4.46. The van der Waals surface area contributed by atoms with E-state index < -0.39 is 29.7 Å². The fraction of sp³-hybridized carbons (Fsp3) is 0.462. The van der Waals surface area contributed by atoms with Gasteiger partial charge in [-0.25, -0.2) is 4.39 Å². The summed E-state index contributed by atoms with van der Waals surface area (Å²) in [5.74, 6) is -2.79. The van der Waals surface area contributed by atoms with Crippen LogP contribution < -0.4 is 0 Å². The molecule has 0 spiro atoms.